The Labute approximate surface area is 137 Å². The average Bonchev–Trinajstić information content (AvgIpc) is 2.45. The van der Waals surface area contributed by atoms with Gasteiger partial charge in [0.1, 0.15) is 0 Å². The van der Waals surface area contributed by atoms with E-state index in [9.17, 15) is 13.2 Å². The molecule has 0 unspecified atom stereocenters. The van der Waals surface area contributed by atoms with Gasteiger partial charge in [-0.1, -0.05) is 15.9 Å². The third kappa shape index (κ3) is 2.80. The summed E-state index contributed by atoms with van der Waals surface area (Å²) < 4.78 is 33.2. The number of hydrogen-bond donors (Lipinski definition) is 1. The van der Waals surface area contributed by atoms with Gasteiger partial charge < -0.3 is 9.84 Å². The summed E-state index contributed by atoms with van der Waals surface area (Å²) in [5.41, 5.74) is -0.396. The highest BCUT2D eigenvalue weighted by atomic mass is 79.9. The molecular formula is C14H16BrNO5S. The van der Waals surface area contributed by atoms with Crippen LogP contribution in [0.4, 0.5) is 0 Å². The second-order valence-corrected chi connectivity index (χ2v) is 8.56. The van der Waals surface area contributed by atoms with Crippen LogP contribution in [0, 0.1) is 0 Å². The van der Waals surface area contributed by atoms with Crippen molar-refractivity contribution in [3.63, 3.8) is 0 Å². The van der Waals surface area contributed by atoms with E-state index in [1.165, 1.54) is 22.5 Å². The maximum Gasteiger partial charge on any atom is 0.335 e. The first-order valence-corrected chi connectivity index (χ1v) is 9.24. The molecular weight excluding hydrogens is 374 g/mol. The van der Waals surface area contributed by atoms with Crippen LogP contribution in [0.1, 0.15) is 29.6 Å². The lowest BCUT2D eigenvalue weighted by Gasteiger charge is -2.47. The molecule has 0 aromatic heterocycles. The van der Waals surface area contributed by atoms with Crippen molar-refractivity contribution in [1.82, 2.24) is 4.31 Å². The molecule has 2 fully saturated rings. The number of hydrogen-bond acceptors (Lipinski definition) is 4. The first-order valence-electron chi connectivity index (χ1n) is 7.00. The van der Waals surface area contributed by atoms with E-state index in [0.29, 0.717) is 24.2 Å². The zero-order valence-electron chi connectivity index (χ0n) is 11.8. The van der Waals surface area contributed by atoms with Crippen molar-refractivity contribution in [3.8, 4) is 0 Å². The van der Waals surface area contributed by atoms with E-state index in [4.69, 9.17) is 9.84 Å². The fourth-order valence-corrected chi connectivity index (χ4v) is 5.09. The molecule has 0 radical (unpaired) electrons. The highest BCUT2D eigenvalue weighted by Crippen LogP contribution is 2.39. The molecule has 22 heavy (non-hydrogen) atoms. The predicted octanol–water partition coefficient (Wildman–Crippen LogP) is 2.09. The van der Waals surface area contributed by atoms with Gasteiger partial charge in [0.25, 0.3) is 0 Å². The Morgan fingerprint density at radius 3 is 2.64 bits per heavy atom. The molecule has 0 amide bonds. The molecule has 1 aliphatic heterocycles. The van der Waals surface area contributed by atoms with Crippen molar-refractivity contribution in [3.05, 3.63) is 28.2 Å². The second kappa shape index (κ2) is 5.59. The zero-order chi connectivity index (χ0) is 16.0. The molecule has 6 nitrogen and oxygen atoms in total. The lowest BCUT2D eigenvalue weighted by atomic mass is 9.79. The van der Waals surface area contributed by atoms with Crippen molar-refractivity contribution in [2.45, 2.75) is 29.8 Å². The summed E-state index contributed by atoms with van der Waals surface area (Å²) in [5, 5.41) is 9.09. The molecule has 1 saturated heterocycles. The molecule has 2 aliphatic rings. The maximum atomic E-state index is 12.8. The van der Waals surface area contributed by atoms with Gasteiger partial charge in [0.15, 0.2) is 0 Å². The van der Waals surface area contributed by atoms with Crippen molar-refractivity contribution in [2.24, 2.45) is 0 Å². The first-order chi connectivity index (χ1) is 10.3. The normalized spacial score (nSPS) is 21.5. The standard InChI is InChI=1S/C14H16BrNO5S/c15-11-6-10(13(17)18)7-12(8-11)22(19,20)16-4-5-21-14(9-16)2-1-3-14/h6-8H,1-5,9H2,(H,17,18). The third-order valence-corrected chi connectivity index (χ3v) is 6.52. The van der Waals surface area contributed by atoms with Crippen molar-refractivity contribution >= 4 is 31.9 Å². The topological polar surface area (TPSA) is 83.9 Å². The van der Waals surface area contributed by atoms with Crippen LogP contribution in [0.25, 0.3) is 0 Å². The van der Waals surface area contributed by atoms with Crippen molar-refractivity contribution < 1.29 is 23.1 Å². The van der Waals surface area contributed by atoms with Crippen LogP contribution in [0.15, 0.2) is 27.6 Å². The Balaban J connectivity index is 1.94. The number of halogens is 1. The summed E-state index contributed by atoms with van der Waals surface area (Å²) in [6, 6.07) is 4.02. The van der Waals surface area contributed by atoms with Gasteiger partial charge in [-0.25, -0.2) is 13.2 Å². The molecule has 120 valence electrons. The van der Waals surface area contributed by atoms with Gasteiger partial charge in [-0.3, -0.25) is 0 Å². The summed E-state index contributed by atoms with van der Waals surface area (Å²) in [4.78, 5) is 11.1. The number of ether oxygens (including phenoxy) is 1. The molecule has 1 aromatic rings. The Morgan fingerprint density at radius 1 is 1.32 bits per heavy atom. The fraction of sp³-hybridized carbons (Fsp3) is 0.500. The second-order valence-electron chi connectivity index (χ2n) is 5.70. The van der Waals surface area contributed by atoms with Crippen LogP contribution in [0.5, 0.6) is 0 Å². The number of nitrogens with zero attached hydrogens (tertiary/aromatic N) is 1. The number of rotatable bonds is 3. The molecule has 1 saturated carbocycles. The van der Waals surface area contributed by atoms with E-state index in [-0.39, 0.29) is 16.1 Å². The first kappa shape index (κ1) is 15.9. The molecule has 1 spiro atoms. The predicted molar refractivity (Wildman–Crippen MR) is 82.4 cm³/mol. The number of carbonyl (C=O) groups is 1. The highest BCUT2D eigenvalue weighted by Gasteiger charge is 2.45. The quantitative estimate of drug-likeness (QED) is 0.855. The number of carboxylic acids is 1. The molecule has 1 aliphatic carbocycles. The Morgan fingerprint density at radius 2 is 2.05 bits per heavy atom. The molecule has 1 N–H and O–H groups in total. The maximum absolute atomic E-state index is 12.8. The number of benzene rings is 1. The molecule has 1 aromatic carbocycles. The average molecular weight is 390 g/mol. The molecule has 0 bridgehead atoms. The minimum absolute atomic E-state index is 0.00403. The van der Waals surface area contributed by atoms with E-state index in [1.54, 1.807) is 0 Å². The third-order valence-electron chi connectivity index (χ3n) is 4.23. The van der Waals surface area contributed by atoms with Crippen LogP contribution in [-0.4, -0.2) is 49.1 Å². The van der Waals surface area contributed by atoms with E-state index in [1.807, 2.05) is 0 Å². The lowest BCUT2D eigenvalue weighted by molar-refractivity contribution is -0.135. The van der Waals surface area contributed by atoms with Crippen molar-refractivity contribution in [1.29, 1.82) is 0 Å². The van der Waals surface area contributed by atoms with Gasteiger partial charge in [-0.05, 0) is 37.5 Å². The van der Waals surface area contributed by atoms with E-state index in [2.05, 4.69) is 15.9 Å². The van der Waals surface area contributed by atoms with Crippen LogP contribution in [0.3, 0.4) is 0 Å². The Hall–Kier alpha value is -0.960. The number of aromatic carboxylic acids is 1. The fourth-order valence-electron chi connectivity index (χ4n) is 2.87. The summed E-state index contributed by atoms with van der Waals surface area (Å²) in [6.45, 7) is 1.00. The molecule has 8 heteroatoms. The van der Waals surface area contributed by atoms with Gasteiger partial charge in [-0.2, -0.15) is 4.31 Å². The number of morpholine rings is 1. The molecule has 3 rings (SSSR count). The number of carboxylic acid groups (broad SMARTS) is 1. The van der Waals surface area contributed by atoms with Crippen LogP contribution >= 0.6 is 15.9 Å². The smallest absolute Gasteiger partial charge is 0.335 e. The van der Waals surface area contributed by atoms with Crippen molar-refractivity contribution in [2.75, 3.05) is 19.7 Å². The minimum atomic E-state index is -3.73. The number of sulfonamides is 1. The van der Waals surface area contributed by atoms with E-state index >= 15 is 0 Å². The lowest BCUT2D eigenvalue weighted by Crippen LogP contribution is -2.56. The summed E-state index contributed by atoms with van der Waals surface area (Å²) in [6.07, 6.45) is 2.80. The van der Waals surface area contributed by atoms with Gasteiger partial charge in [-0.15, -0.1) is 0 Å². The van der Waals surface area contributed by atoms with Gasteiger partial charge >= 0.3 is 5.97 Å². The SMILES string of the molecule is O=C(O)c1cc(Br)cc(S(=O)(=O)N2CCOC3(CCC3)C2)c1. The summed E-state index contributed by atoms with van der Waals surface area (Å²) in [5.74, 6) is -1.16. The summed E-state index contributed by atoms with van der Waals surface area (Å²) in [7, 11) is -3.73. The van der Waals surface area contributed by atoms with Gasteiger partial charge in [0.2, 0.25) is 10.0 Å². The van der Waals surface area contributed by atoms with Gasteiger partial charge in [0, 0.05) is 17.6 Å². The van der Waals surface area contributed by atoms with E-state index < -0.39 is 16.0 Å². The summed E-state index contributed by atoms with van der Waals surface area (Å²) >= 11 is 3.17. The Bertz CT molecular complexity index is 714. The monoisotopic (exact) mass is 389 g/mol. The molecule has 1 heterocycles. The van der Waals surface area contributed by atoms with Crippen LogP contribution < -0.4 is 0 Å². The van der Waals surface area contributed by atoms with Crippen LogP contribution in [-0.2, 0) is 14.8 Å². The Kier molecular flexibility index (Phi) is 4.05. The largest absolute Gasteiger partial charge is 0.478 e. The highest BCUT2D eigenvalue weighted by molar-refractivity contribution is 9.10. The zero-order valence-corrected chi connectivity index (χ0v) is 14.2. The van der Waals surface area contributed by atoms with Gasteiger partial charge in [0.05, 0.1) is 22.7 Å². The van der Waals surface area contributed by atoms with Crippen LogP contribution in [0.2, 0.25) is 0 Å². The van der Waals surface area contributed by atoms with E-state index in [0.717, 1.165) is 19.3 Å². The minimum Gasteiger partial charge on any atom is -0.478 e. The molecule has 0 atom stereocenters.